The molecule has 3 fully saturated rings. The smallest absolute Gasteiger partial charge is 0.168 e. The maximum Gasteiger partial charge on any atom is 0.168 e. The highest BCUT2D eigenvalue weighted by Crippen LogP contribution is 2.36. The van der Waals surface area contributed by atoms with Gasteiger partial charge in [-0.15, -0.1) is 0 Å². The molecule has 2 aliphatic carbocycles. The minimum Gasteiger partial charge on any atom is -0.348 e. The van der Waals surface area contributed by atoms with Crippen LogP contribution in [0.15, 0.2) is 0 Å². The third kappa shape index (κ3) is 2.58. The molecule has 16 heavy (non-hydrogen) atoms. The fourth-order valence-corrected chi connectivity index (χ4v) is 2.95. The van der Waals surface area contributed by atoms with E-state index in [4.69, 9.17) is 9.47 Å². The van der Waals surface area contributed by atoms with Crippen LogP contribution >= 0.6 is 0 Å². The highest BCUT2D eigenvalue weighted by molar-refractivity contribution is 4.85. The largest absolute Gasteiger partial charge is 0.348 e. The van der Waals surface area contributed by atoms with Gasteiger partial charge in [-0.3, -0.25) is 0 Å². The zero-order valence-electron chi connectivity index (χ0n) is 10.0. The van der Waals surface area contributed by atoms with Crippen molar-refractivity contribution in [3.8, 4) is 0 Å². The van der Waals surface area contributed by atoms with E-state index in [2.05, 4.69) is 5.32 Å². The minimum absolute atomic E-state index is 0.186. The van der Waals surface area contributed by atoms with Crippen LogP contribution in [0.2, 0.25) is 0 Å². The maximum absolute atomic E-state index is 5.73. The van der Waals surface area contributed by atoms with E-state index >= 15 is 0 Å². The Bertz CT molecular complexity index is 224. The zero-order chi connectivity index (χ0) is 10.8. The van der Waals surface area contributed by atoms with Gasteiger partial charge in [0.25, 0.3) is 0 Å². The van der Waals surface area contributed by atoms with Crippen molar-refractivity contribution in [1.82, 2.24) is 5.32 Å². The van der Waals surface area contributed by atoms with Gasteiger partial charge in [0.15, 0.2) is 5.79 Å². The van der Waals surface area contributed by atoms with Gasteiger partial charge in [-0.05, 0) is 31.7 Å². The van der Waals surface area contributed by atoms with Crippen LogP contribution in [0.5, 0.6) is 0 Å². The molecule has 0 bridgehead atoms. The first kappa shape index (κ1) is 11.0. The molecule has 92 valence electrons. The third-order valence-electron chi connectivity index (χ3n) is 4.24. The molecule has 1 spiro atoms. The highest BCUT2D eigenvalue weighted by atomic mass is 16.7. The number of ether oxygens (including phenoxy) is 2. The molecule has 0 unspecified atom stereocenters. The fourth-order valence-electron chi connectivity index (χ4n) is 2.95. The molecule has 0 aromatic carbocycles. The van der Waals surface area contributed by atoms with Crippen LogP contribution in [0.3, 0.4) is 0 Å². The normalized spacial score (nSPS) is 30.0. The van der Waals surface area contributed by atoms with Crippen molar-refractivity contribution in [2.75, 3.05) is 19.8 Å². The molecule has 0 amide bonds. The van der Waals surface area contributed by atoms with Gasteiger partial charge in [-0.1, -0.05) is 12.8 Å². The number of rotatable bonds is 4. The minimum atomic E-state index is -0.186. The summed E-state index contributed by atoms with van der Waals surface area (Å²) in [6.07, 6.45) is 8.90. The van der Waals surface area contributed by atoms with Gasteiger partial charge >= 0.3 is 0 Å². The molecule has 3 aliphatic rings. The molecule has 0 radical (unpaired) electrons. The molecule has 3 nitrogen and oxygen atoms in total. The molecular formula is C13H23NO2. The van der Waals surface area contributed by atoms with Gasteiger partial charge in [0, 0.05) is 18.9 Å². The van der Waals surface area contributed by atoms with Crippen molar-refractivity contribution >= 4 is 0 Å². The molecule has 3 heteroatoms. The Balaban J connectivity index is 1.36. The monoisotopic (exact) mass is 225 g/mol. The van der Waals surface area contributed by atoms with Gasteiger partial charge in [-0.25, -0.2) is 0 Å². The quantitative estimate of drug-likeness (QED) is 0.794. The van der Waals surface area contributed by atoms with E-state index in [-0.39, 0.29) is 5.79 Å². The van der Waals surface area contributed by atoms with Crippen LogP contribution in [0.1, 0.15) is 44.9 Å². The average molecular weight is 225 g/mol. The summed E-state index contributed by atoms with van der Waals surface area (Å²) in [6, 6.07) is 0.706. The molecule has 0 aromatic heterocycles. The summed E-state index contributed by atoms with van der Waals surface area (Å²) in [5.74, 6) is 0.859. The fraction of sp³-hybridized carbons (Fsp3) is 1.00. The molecule has 1 aliphatic heterocycles. The lowest BCUT2D eigenvalue weighted by Gasteiger charge is -2.35. The van der Waals surface area contributed by atoms with E-state index in [9.17, 15) is 0 Å². The summed E-state index contributed by atoms with van der Waals surface area (Å²) < 4.78 is 11.5. The van der Waals surface area contributed by atoms with Gasteiger partial charge < -0.3 is 14.8 Å². The molecule has 0 atom stereocenters. The Morgan fingerprint density at radius 2 is 1.69 bits per heavy atom. The maximum atomic E-state index is 5.73. The third-order valence-corrected chi connectivity index (χ3v) is 4.24. The topological polar surface area (TPSA) is 30.5 Å². The predicted octanol–water partition coefficient (Wildman–Crippen LogP) is 2.06. The molecule has 1 N–H and O–H groups in total. The summed E-state index contributed by atoms with van der Waals surface area (Å²) >= 11 is 0. The summed E-state index contributed by atoms with van der Waals surface area (Å²) in [5, 5.41) is 3.69. The summed E-state index contributed by atoms with van der Waals surface area (Å²) in [5.41, 5.74) is 0. The van der Waals surface area contributed by atoms with Crippen molar-refractivity contribution in [2.45, 2.75) is 56.8 Å². The van der Waals surface area contributed by atoms with Gasteiger partial charge in [-0.2, -0.15) is 0 Å². The van der Waals surface area contributed by atoms with Gasteiger partial charge in [0.2, 0.25) is 0 Å². The van der Waals surface area contributed by atoms with Gasteiger partial charge in [0.05, 0.1) is 13.2 Å². The van der Waals surface area contributed by atoms with Crippen LogP contribution in [-0.4, -0.2) is 31.6 Å². The Morgan fingerprint density at radius 1 is 1.00 bits per heavy atom. The van der Waals surface area contributed by atoms with Gasteiger partial charge in [0.1, 0.15) is 0 Å². The van der Waals surface area contributed by atoms with Crippen LogP contribution < -0.4 is 5.32 Å². The van der Waals surface area contributed by atoms with E-state index in [0.717, 1.165) is 32.0 Å². The SMILES string of the molecule is C(CC1CC1)NC1CCC2(CC1)OCCO2. The highest BCUT2D eigenvalue weighted by Gasteiger charge is 2.40. The van der Waals surface area contributed by atoms with E-state index in [0.29, 0.717) is 6.04 Å². The zero-order valence-corrected chi connectivity index (χ0v) is 10.0. The molecule has 1 heterocycles. The Labute approximate surface area is 97.9 Å². The van der Waals surface area contributed by atoms with Crippen molar-refractivity contribution in [2.24, 2.45) is 5.92 Å². The van der Waals surface area contributed by atoms with Crippen molar-refractivity contribution < 1.29 is 9.47 Å². The van der Waals surface area contributed by atoms with Crippen molar-refractivity contribution in [1.29, 1.82) is 0 Å². The first-order chi connectivity index (χ1) is 7.86. The Hall–Kier alpha value is -0.120. The summed E-state index contributed by atoms with van der Waals surface area (Å²) in [4.78, 5) is 0. The lowest BCUT2D eigenvalue weighted by molar-refractivity contribution is -0.179. The average Bonchev–Trinajstić information content (AvgIpc) is 3.02. The lowest BCUT2D eigenvalue weighted by Crippen LogP contribution is -2.42. The van der Waals surface area contributed by atoms with Crippen LogP contribution in [-0.2, 0) is 9.47 Å². The molecule has 2 saturated carbocycles. The second-order valence-corrected chi connectivity index (χ2v) is 5.57. The van der Waals surface area contributed by atoms with E-state index in [1.807, 2.05) is 0 Å². The van der Waals surface area contributed by atoms with Crippen LogP contribution in [0.25, 0.3) is 0 Å². The van der Waals surface area contributed by atoms with E-state index in [1.165, 1.54) is 38.6 Å². The lowest BCUT2D eigenvalue weighted by atomic mass is 9.90. The predicted molar refractivity (Wildman–Crippen MR) is 62.2 cm³/mol. The molecule has 0 aromatic rings. The number of hydrogen-bond acceptors (Lipinski definition) is 3. The molecular weight excluding hydrogens is 202 g/mol. The Morgan fingerprint density at radius 3 is 2.31 bits per heavy atom. The van der Waals surface area contributed by atoms with Crippen LogP contribution in [0.4, 0.5) is 0 Å². The van der Waals surface area contributed by atoms with Crippen molar-refractivity contribution in [3.05, 3.63) is 0 Å². The standard InChI is InChI=1S/C13H23NO2/c1-2-11(1)5-8-14-12-3-6-13(7-4-12)15-9-10-16-13/h11-12,14H,1-10H2. The second kappa shape index (κ2) is 4.63. The second-order valence-electron chi connectivity index (χ2n) is 5.57. The molecule has 1 saturated heterocycles. The summed E-state index contributed by atoms with van der Waals surface area (Å²) in [7, 11) is 0. The van der Waals surface area contributed by atoms with E-state index < -0.39 is 0 Å². The summed E-state index contributed by atoms with van der Waals surface area (Å²) in [6.45, 7) is 2.80. The van der Waals surface area contributed by atoms with Crippen LogP contribution in [0, 0.1) is 5.92 Å². The van der Waals surface area contributed by atoms with Crippen molar-refractivity contribution in [3.63, 3.8) is 0 Å². The first-order valence-electron chi connectivity index (χ1n) is 6.88. The Kier molecular flexibility index (Phi) is 3.18. The van der Waals surface area contributed by atoms with E-state index in [1.54, 1.807) is 0 Å². The molecule has 3 rings (SSSR count). The first-order valence-corrected chi connectivity index (χ1v) is 6.88. The number of hydrogen-bond donors (Lipinski definition) is 1. The number of nitrogens with one attached hydrogen (secondary N) is 1.